The van der Waals surface area contributed by atoms with E-state index in [1.165, 1.54) is 5.56 Å². The first-order valence-electron chi connectivity index (χ1n) is 12.1. The van der Waals surface area contributed by atoms with Gasteiger partial charge in [-0.3, -0.25) is 9.69 Å². The number of amides is 1. The Balaban J connectivity index is 0.00000162. The minimum Gasteiger partial charge on any atom is -0.379 e. The number of hydrogen-bond donors (Lipinski definition) is 2. The lowest BCUT2D eigenvalue weighted by atomic mass is 9.61. The number of halogens is 2. The van der Waals surface area contributed by atoms with Gasteiger partial charge in [-0.2, -0.15) is 0 Å². The lowest BCUT2D eigenvalue weighted by molar-refractivity contribution is -0.140. The minimum atomic E-state index is -0.294. The average Bonchev–Trinajstić information content (AvgIpc) is 3.30. The summed E-state index contributed by atoms with van der Waals surface area (Å²) in [5.41, 5.74) is 0.937. The highest BCUT2D eigenvalue weighted by Crippen LogP contribution is 2.46. The van der Waals surface area contributed by atoms with Crippen LogP contribution >= 0.6 is 24.8 Å². The largest absolute Gasteiger partial charge is 0.379 e. The zero-order valence-corrected chi connectivity index (χ0v) is 21.3. The number of ether oxygens (including phenoxy) is 1. The number of benzene rings is 1. The minimum absolute atomic E-state index is 0. The van der Waals surface area contributed by atoms with Crippen LogP contribution in [0.15, 0.2) is 42.7 Å². The van der Waals surface area contributed by atoms with Gasteiger partial charge in [0.05, 0.1) is 25.2 Å². The van der Waals surface area contributed by atoms with Gasteiger partial charge in [0.2, 0.25) is 5.91 Å². The molecule has 0 radical (unpaired) electrons. The zero-order valence-electron chi connectivity index (χ0n) is 19.7. The molecule has 2 saturated heterocycles. The molecule has 2 aliphatic heterocycles. The Morgan fingerprint density at radius 2 is 1.97 bits per heavy atom. The summed E-state index contributed by atoms with van der Waals surface area (Å²) >= 11 is 0. The van der Waals surface area contributed by atoms with Gasteiger partial charge >= 0.3 is 0 Å². The lowest BCUT2D eigenvalue weighted by Crippen LogP contribution is -2.60. The molecule has 9 heteroatoms. The van der Waals surface area contributed by atoms with E-state index in [-0.39, 0.29) is 36.1 Å². The van der Waals surface area contributed by atoms with Crippen molar-refractivity contribution < 1.29 is 9.53 Å². The van der Waals surface area contributed by atoms with Crippen LogP contribution in [0, 0.1) is 11.3 Å². The predicted molar refractivity (Wildman–Crippen MR) is 138 cm³/mol. The van der Waals surface area contributed by atoms with Crippen molar-refractivity contribution in [3.8, 4) is 0 Å². The number of nitrogens with zero attached hydrogens (tertiary/aromatic N) is 3. The molecule has 1 aromatic carbocycles. The number of carbonyl (C=O) groups excluding carboxylic acids is 1. The van der Waals surface area contributed by atoms with Crippen molar-refractivity contribution in [2.24, 2.45) is 11.3 Å². The summed E-state index contributed by atoms with van der Waals surface area (Å²) in [5.74, 6) is 1.54. The van der Waals surface area contributed by atoms with E-state index < -0.39 is 0 Å². The second kappa shape index (κ2) is 12.4. The molecule has 0 unspecified atom stereocenters. The van der Waals surface area contributed by atoms with Crippen molar-refractivity contribution in [2.45, 2.75) is 44.8 Å². The lowest BCUT2D eigenvalue weighted by Gasteiger charge is -2.50. The molecule has 1 saturated carbocycles. The molecule has 1 amide bonds. The van der Waals surface area contributed by atoms with Crippen LogP contribution in [0.3, 0.4) is 0 Å². The molecule has 2 aromatic rings. The molecule has 1 aromatic heterocycles. The number of carbonyl (C=O) groups is 1. The fourth-order valence-electron chi connectivity index (χ4n) is 5.93. The number of fused-ring (bicyclic) bond motifs is 1. The first-order chi connectivity index (χ1) is 15.7. The third-order valence-electron chi connectivity index (χ3n) is 7.79. The molecule has 1 aliphatic carbocycles. The van der Waals surface area contributed by atoms with E-state index in [0.29, 0.717) is 18.5 Å². The van der Waals surface area contributed by atoms with Gasteiger partial charge in [-0.15, -0.1) is 24.8 Å². The van der Waals surface area contributed by atoms with Crippen LogP contribution in [0.5, 0.6) is 0 Å². The van der Waals surface area contributed by atoms with Crippen LogP contribution in [0.25, 0.3) is 0 Å². The topological polar surface area (TPSA) is 71.4 Å². The first kappa shape index (κ1) is 27.0. The Morgan fingerprint density at radius 3 is 2.76 bits per heavy atom. The van der Waals surface area contributed by atoms with Gasteiger partial charge in [-0.05, 0) is 43.7 Å². The molecule has 188 valence electrons. The smallest absolute Gasteiger partial charge is 0.228 e. The molecule has 0 spiro atoms. The molecule has 0 bridgehead atoms. The summed E-state index contributed by atoms with van der Waals surface area (Å²) in [5, 5.41) is 6.79. The maximum Gasteiger partial charge on any atom is 0.228 e. The van der Waals surface area contributed by atoms with E-state index in [1.807, 2.05) is 18.5 Å². The molecular weight excluding hydrogens is 473 g/mol. The van der Waals surface area contributed by atoms with Gasteiger partial charge in [0.25, 0.3) is 0 Å². The fourth-order valence-corrected chi connectivity index (χ4v) is 5.93. The number of rotatable bonds is 6. The van der Waals surface area contributed by atoms with Gasteiger partial charge in [-0.25, -0.2) is 4.98 Å². The average molecular weight is 511 g/mol. The van der Waals surface area contributed by atoms with Gasteiger partial charge < -0.3 is 19.9 Å². The Kier molecular flexibility index (Phi) is 9.80. The zero-order chi connectivity index (χ0) is 21.8. The molecule has 3 fully saturated rings. The van der Waals surface area contributed by atoms with Gasteiger partial charge in [-0.1, -0.05) is 30.3 Å². The van der Waals surface area contributed by atoms with Crippen molar-refractivity contribution in [2.75, 3.05) is 39.4 Å². The highest BCUT2D eigenvalue weighted by molar-refractivity contribution is 5.85. The van der Waals surface area contributed by atoms with Crippen molar-refractivity contribution >= 4 is 30.7 Å². The summed E-state index contributed by atoms with van der Waals surface area (Å²) in [4.78, 5) is 20.7. The Bertz CT molecular complexity index is 906. The molecule has 3 aliphatic rings. The quantitative estimate of drug-likeness (QED) is 0.626. The molecule has 2 N–H and O–H groups in total. The van der Waals surface area contributed by atoms with Crippen LogP contribution in [0.1, 0.15) is 37.1 Å². The number of morpholine rings is 1. The molecular formula is C25H37Cl2N5O2. The summed E-state index contributed by atoms with van der Waals surface area (Å²) in [6, 6.07) is 11.0. The van der Waals surface area contributed by atoms with Gasteiger partial charge in [0.15, 0.2) is 0 Å². The monoisotopic (exact) mass is 509 g/mol. The Hall–Kier alpha value is -1.64. The Morgan fingerprint density at radius 1 is 1.18 bits per heavy atom. The van der Waals surface area contributed by atoms with E-state index in [4.69, 9.17) is 4.74 Å². The molecule has 3 heterocycles. The maximum absolute atomic E-state index is 13.6. The second-order valence-electron chi connectivity index (χ2n) is 9.53. The highest BCUT2D eigenvalue weighted by Gasteiger charge is 2.50. The van der Waals surface area contributed by atoms with E-state index in [9.17, 15) is 4.79 Å². The first-order valence-corrected chi connectivity index (χ1v) is 12.1. The normalized spacial score (nSPS) is 27.1. The van der Waals surface area contributed by atoms with Crippen LogP contribution in [-0.4, -0.2) is 65.8 Å². The maximum atomic E-state index is 13.6. The van der Waals surface area contributed by atoms with Crippen molar-refractivity contribution in [1.29, 1.82) is 0 Å². The summed E-state index contributed by atoms with van der Waals surface area (Å²) in [6.45, 7) is 6.77. The molecule has 7 nitrogen and oxygen atoms in total. The van der Waals surface area contributed by atoms with Crippen LogP contribution in [0.2, 0.25) is 0 Å². The van der Waals surface area contributed by atoms with Gasteiger partial charge in [0, 0.05) is 44.6 Å². The van der Waals surface area contributed by atoms with Crippen molar-refractivity contribution in [1.82, 2.24) is 25.1 Å². The Labute approximate surface area is 214 Å². The van der Waals surface area contributed by atoms with Gasteiger partial charge in [0.1, 0.15) is 5.82 Å². The third kappa shape index (κ3) is 5.77. The number of hydrogen-bond acceptors (Lipinski definition) is 5. The van der Waals surface area contributed by atoms with E-state index in [0.717, 1.165) is 77.4 Å². The number of aromatic nitrogens is 2. The summed E-state index contributed by atoms with van der Waals surface area (Å²) in [6.07, 6.45) is 8.06. The predicted octanol–water partition coefficient (Wildman–Crippen LogP) is 2.87. The van der Waals surface area contributed by atoms with E-state index in [2.05, 4.69) is 49.4 Å². The van der Waals surface area contributed by atoms with Crippen molar-refractivity contribution in [3.63, 3.8) is 0 Å². The van der Waals surface area contributed by atoms with Crippen LogP contribution in [0.4, 0.5) is 0 Å². The second-order valence-corrected chi connectivity index (χ2v) is 9.53. The summed E-state index contributed by atoms with van der Waals surface area (Å²) < 4.78 is 7.67. The highest BCUT2D eigenvalue weighted by atomic mass is 35.5. The number of imidazole rings is 1. The molecule has 5 rings (SSSR count). The van der Waals surface area contributed by atoms with Crippen LogP contribution < -0.4 is 10.6 Å². The number of piperidine rings is 1. The van der Waals surface area contributed by atoms with Crippen LogP contribution in [-0.2, 0) is 22.6 Å². The SMILES string of the molecule is Cl.Cl.O=C(NCc1nccn1Cc1ccccc1)[C@@]12CC[C@@H](N3CCOCC3)C[C@H]1CCNC2. The summed E-state index contributed by atoms with van der Waals surface area (Å²) in [7, 11) is 0. The third-order valence-corrected chi connectivity index (χ3v) is 7.79. The van der Waals surface area contributed by atoms with E-state index in [1.54, 1.807) is 0 Å². The molecule has 34 heavy (non-hydrogen) atoms. The molecule has 3 atom stereocenters. The number of nitrogens with one attached hydrogen (secondary N) is 2. The van der Waals surface area contributed by atoms with E-state index >= 15 is 0 Å². The van der Waals surface area contributed by atoms with Crippen molar-refractivity contribution in [3.05, 3.63) is 54.1 Å². The standard InChI is InChI=1S/C25H35N5O2.2ClH/c31-24(28-17-23-27-10-11-30(23)18-20-4-2-1-3-5-20)25-8-6-22(29-12-14-32-15-13-29)16-21(25)7-9-26-19-25;;/h1-5,10-11,21-22,26H,6-9,12-19H2,(H,28,31);2*1H/t21-,22-,25-;;/m1../s1. The fraction of sp³-hybridized carbons (Fsp3) is 0.600.